The van der Waals surface area contributed by atoms with Gasteiger partial charge in [-0.25, -0.2) is 17.6 Å². The van der Waals surface area contributed by atoms with Gasteiger partial charge in [-0.15, -0.1) is 0 Å². The average Bonchev–Trinajstić information content (AvgIpc) is 2.88. The summed E-state index contributed by atoms with van der Waals surface area (Å²) in [6.45, 7) is 3.41. The number of hydrogen-bond acceptors (Lipinski definition) is 4. The van der Waals surface area contributed by atoms with Crippen molar-refractivity contribution >= 4 is 21.8 Å². The molecule has 0 aliphatic carbocycles. The molecule has 9 heteroatoms. The van der Waals surface area contributed by atoms with Crippen LogP contribution in [0.5, 0.6) is 0 Å². The molecule has 2 heterocycles. The van der Waals surface area contributed by atoms with Crippen molar-refractivity contribution in [1.82, 2.24) is 14.7 Å². The molecule has 1 aromatic rings. The van der Waals surface area contributed by atoms with Crippen molar-refractivity contribution in [3.63, 3.8) is 0 Å². The van der Waals surface area contributed by atoms with Gasteiger partial charge < -0.3 is 14.7 Å². The van der Waals surface area contributed by atoms with Crippen molar-refractivity contribution < 1.29 is 22.4 Å². The van der Waals surface area contributed by atoms with Crippen molar-refractivity contribution in [2.75, 3.05) is 39.0 Å². The predicted octanol–water partition coefficient (Wildman–Crippen LogP) is 0.814. The second kappa shape index (κ2) is 6.86. The van der Waals surface area contributed by atoms with Gasteiger partial charge in [-0.05, 0) is 24.3 Å². The summed E-state index contributed by atoms with van der Waals surface area (Å²) in [5.41, 5.74) is 0. The number of halogens is 1. The number of benzene rings is 1. The Kier molecular flexibility index (Phi) is 4.92. The van der Waals surface area contributed by atoms with Crippen molar-refractivity contribution in [1.29, 1.82) is 0 Å². The van der Waals surface area contributed by atoms with Gasteiger partial charge in [-0.3, -0.25) is 4.79 Å². The van der Waals surface area contributed by atoms with E-state index in [0.29, 0.717) is 26.2 Å². The average molecular weight is 383 g/mol. The molecule has 3 rings (SSSR count). The molecule has 0 spiro atoms. The van der Waals surface area contributed by atoms with Gasteiger partial charge in [0, 0.05) is 39.1 Å². The fraction of sp³-hybridized carbons (Fsp3) is 0.529. The summed E-state index contributed by atoms with van der Waals surface area (Å²) in [5, 5.41) is 0. The predicted molar refractivity (Wildman–Crippen MR) is 92.7 cm³/mol. The summed E-state index contributed by atoms with van der Waals surface area (Å²) in [6.07, 6.45) is 0. The molecule has 7 nitrogen and oxygen atoms in total. The van der Waals surface area contributed by atoms with E-state index in [0.717, 1.165) is 12.1 Å². The van der Waals surface area contributed by atoms with Gasteiger partial charge in [-0.2, -0.15) is 0 Å². The number of rotatable bonds is 4. The first kappa shape index (κ1) is 18.6. The molecule has 26 heavy (non-hydrogen) atoms. The van der Waals surface area contributed by atoms with Gasteiger partial charge in [0.15, 0.2) is 9.84 Å². The van der Waals surface area contributed by atoms with Gasteiger partial charge in [0.25, 0.3) is 0 Å². The minimum Gasteiger partial charge on any atom is -0.339 e. The molecule has 3 amide bonds. The summed E-state index contributed by atoms with van der Waals surface area (Å²) in [7, 11) is -1.96. The minimum atomic E-state index is -3.68. The van der Waals surface area contributed by atoms with Crippen LogP contribution < -0.4 is 0 Å². The number of sulfone groups is 1. The molecule has 2 saturated heterocycles. The summed E-state index contributed by atoms with van der Waals surface area (Å²) in [5.74, 6) is -1.80. The van der Waals surface area contributed by atoms with Gasteiger partial charge in [0.2, 0.25) is 5.91 Å². The van der Waals surface area contributed by atoms with Crippen LogP contribution in [0.1, 0.15) is 6.92 Å². The van der Waals surface area contributed by atoms with Crippen LogP contribution in [0.3, 0.4) is 0 Å². The fourth-order valence-corrected chi connectivity index (χ4v) is 5.07. The number of nitrogens with zero attached hydrogens (tertiary/aromatic N) is 3. The molecule has 0 saturated carbocycles. The highest BCUT2D eigenvalue weighted by atomic mass is 32.2. The first-order valence-electron chi connectivity index (χ1n) is 8.48. The van der Waals surface area contributed by atoms with Crippen LogP contribution in [-0.2, 0) is 14.6 Å². The van der Waals surface area contributed by atoms with E-state index in [4.69, 9.17) is 0 Å². The van der Waals surface area contributed by atoms with E-state index >= 15 is 0 Å². The zero-order valence-corrected chi connectivity index (χ0v) is 15.6. The standard InChI is InChI=1S/C17H22FN3O4S/c1-12(11-26(24,25)15-5-3-13(18)4-6-15)16(22)20-7-8-21-14(10-20)9-19(2)17(21)23/h3-6,12,14H,7-11H2,1-2H3/t12-,14-/m0/s1. The number of likely N-dealkylation sites (N-methyl/N-ethyl adjacent to an activating group) is 1. The molecule has 2 fully saturated rings. The second-order valence-corrected chi connectivity index (χ2v) is 8.97. The Bertz CT molecular complexity index is 812. The molecule has 2 atom stereocenters. The zero-order chi connectivity index (χ0) is 19.1. The molecule has 0 bridgehead atoms. The topological polar surface area (TPSA) is 78.0 Å². The molecule has 1 aromatic carbocycles. The number of urea groups is 1. The van der Waals surface area contributed by atoms with Crippen LogP contribution in [0, 0.1) is 11.7 Å². The lowest BCUT2D eigenvalue weighted by molar-refractivity contribution is -0.136. The van der Waals surface area contributed by atoms with Crippen LogP contribution in [0.2, 0.25) is 0 Å². The summed E-state index contributed by atoms with van der Waals surface area (Å²) >= 11 is 0. The Morgan fingerprint density at radius 3 is 2.54 bits per heavy atom. The highest BCUT2D eigenvalue weighted by Crippen LogP contribution is 2.22. The van der Waals surface area contributed by atoms with Crippen LogP contribution in [0.15, 0.2) is 29.2 Å². The third-order valence-corrected chi connectivity index (χ3v) is 6.84. The first-order valence-corrected chi connectivity index (χ1v) is 10.1. The molecule has 0 radical (unpaired) electrons. The molecular weight excluding hydrogens is 361 g/mol. The van der Waals surface area contributed by atoms with Crippen molar-refractivity contribution in [3.8, 4) is 0 Å². The number of piperazine rings is 1. The smallest absolute Gasteiger partial charge is 0.320 e. The van der Waals surface area contributed by atoms with Crippen LogP contribution in [0.25, 0.3) is 0 Å². The zero-order valence-electron chi connectivity index (χ0n) is 14.8. The van der Waals surface area contributed by atoms with E-state index in [1.807, 2.05) is 0 Å². The van der Waals surface area contributed by atoms with Gasteiger partial charge in [0.05, 0.1) is 16.7 Å². The molecule has 0 aromatic heterocycles. The SMILES string of the molecule is C[C@@H](CS(=O)(=O)c1ccc(F)cc1)C(=O)N1CCN2C(=O)N(C)C[C@H]2C1. The molecule has 0 unspecified atom stereocenters. The van der Waals surface area contributed by atoms with E-state index in [2.05, 4.69) is 0 Å². The lowest BCUT2D eigenvalue weighted by Gasteiger charge is -2.37. The Morgan fingerprint density at radius 1 is 1.23 bits per heavy atom. The Hall–Kier alpha value is -2.16. The maximum Gasteiger partial charge on any atom is 0.320 e. The Morgan fingerprint density at radius 2 is 1.88 bits per heavy atom. The maximum atomic E-state index is 13.0. The minimum absolute atomic E-state index is 0.00591. The van der Waals surface area contributed by atoms with Crippen molar-refractivity contribution in [2.24, 2.45) is 5.92 Å². The Balaban J connectivity index is 1.65. The quantitative estimate of drug-likeness (QED) is 0.721. The first-order chi connectivity index (χ1) is 12.2. The molecule has 2 aliphatic heterocycles. The lowest BCUT2D eigenvalue weighted by atomic mass is 10.1. The number of amides is 3. The fourth-order valence-electron chi connectivity index (χ4n) is 3.53. The van der Waals surface area contributed by atoms with Gasteiger partial charge >= 0.3 is 6.03 Å². The second-order valence-electron chi connectivity index (χ2n) is 6.93. The van der Waals surface area contributed by atoms with Crippen LogP contribution >= 0.6 is 0 Å². The lowest BCUT2D eigenvalue weighted by Crippen LogP contribution is -2.55. The van der Waals surface area contributed by atoms with Crippen LogP contribution in [-0.4, -0.2) is 80.1 Å². The highest BCUT2D eigenvalue weighted by molar-refractivity contribution is 7.91. The third kappa shape index (κ3) is 3.53. The van der Waals surface area contributed by atoms with Crippen molar-refractivity contribution in [2.45, 2.75) is 17.9 Å². The van der Waals surface area contributed by atoms with Gasteiger partial charge in [0.1, 0.15) is 5.82 Å². The number of carbonyl (C=O) groups excluding carboxylic acids is 2. The largest absolute Gasteiger partial charge is 0.339 e. The molecule has 142 valence electrons. The van der Waals surface area contributed by atoms with E-state index in [-0.39, 0.29) is 28.6 Å². The molecular formula is C17H22FN3O4S. The summed E-state index contributed by atoms with van der Waals surface area (Å²) < 4.78 is 37.9. The molecule has 2 aliphatic rings. The van der Waals surface area contributed by atoms with E-state index in [9.17, 15) is 22.4 Å². The summed E-state index contributed by atoms with van der Waals surface area (Å²) in [4.78, 5) is 29.7. The van der Waals surface area contributed by atoms with Crippen molar-refractivity contribution in [3.05, 3.63) is 30.1 Å². The number of fused-ring (bicyclic) bond motifs is 1. The molecule has 0 N–H and O–H groups in total. The normalized spacial score (nSPS) is 21.7. The number of carbonyl (C=O) groups is 2. The van der Waals surface area contributed by atoms with Crippen LogP contribution in [0.4, 0.5) is 9.18 Å². The van der Waals surface area contributed by atoms with E-state index in [1.54, 1.807) is 28.7 Å². The monoisotopic (exact) mass is 383 g/mol. The van der Waals surface area contributed by atoms with E-state index < -0.39 is 21.6 Å². The third-order valence-electron chi connectivity index (χ3n) is 4.92. The number of hydrogen-bond donors (Lipinski definition) is 0. The van der Waals surface area contributed by atoms with Gasteiger partial charge in [-0.1, -0.05) is 6.92 Å². The Labute approximate surface area is 152 Å². The maximum absolute atomic E-state index is 13.0. The highest BCUT2D eigenvalue weighted by Gasteiger charge is 2.40. The summed E-state index contributed by atoms with van der Waals surface area (Å²) in [6, 6.07) is 4.51. The van der Waals surface area contributed by atoms with E-state index in [1.165, 1.54) is 12.1 Å².